The van der Waals surface area contributed by atoms with E-state index >= 15 is 0 Å². The summed E-state index contributed by atoms with van der Waals surface area (Å²) >= 11 is 0. The summed E-state index contributed by atoms with van der Waals surface area (Å²) in [7, 11) is 0. The Labute approximate surface area is 214 Å². The molecule has 3 aromatic rings. The molecule has 9 nitrogen and oxygen atoms in total. The van der Waals surface area contributed by atoms with E-state index in [1.54, 1.807) is 60.7 Å². The number of nitrogen functional groups attached to an aromatic ring is 1. The van der Waals surface area contributed by atoms with Gasteiger partial charge in [-0.3, -0.25) is 15.0 Å². The SMILES string of the molecule is N=C(N)c1ccc(OC(=O)CCCCCNC(=O)OC(=O)c2ccccc2)c(C(=O)c2ccccc2)c1. The number of hydrogen-bond acceptors (Lipinski definition) is 7. The molecule has 0 bridgehead atoms. The number of benzene rings is 3. The Morgan fingerprint density at radius 1 is 0.784 bits per heavy atom. The van der Waals surface area contributed by atoms with E-state index in [4.69, 9.17) is 20.6 Å². The Bertz CT molecular complexity index is 1280. The van der Waals surface area contributed by atoms with E-state index in [9.17, 15) is 19.2 Å². The van der Waals surface area contributed by atoms with Crippen LogP contribution in [0.2, 0.25) is 0 Å². The first-order valence-electron chi connectivity index (χ1n) is 11.7. The molecule has 0 unspecified atom stereocenters. The van der Waals surface area contributed by atoms with Gasteiger partial charge in [0.05, 0.1) is 11.1 Å². The van der Waals surface area contributed by atoms with Crippen LogP contribution in [0.1, 0.15) is 57.5 Å². The molecule has 0 fully saturated rings. The molecule has 0 saturated carbocycles. The first-order chi connectivity index (χ1) is 17.8. The molecular formula is C28H27N3O6. The lowest BCUT2D eigenvalue weighted by Gasteiger charge is -2.11. The van der Waals surface area contributed by atoms with Crippen molar-refractivity contribution in [2.45, 2.75) is 25.7 Å². The Morgan fingerprint density at radius 3 is 2.08 bits per heavy atom. The molecule has 0 aromatic heterocycles. The van der Waals surface area contributed by atoms with Gasteiger partial charge in [-0.15, -0.1) is 0 Å². The molecule has 0 saturated heterocycles. The van der Waals surface area contributed by atoms with Crippen LogP contribution in [0.15, 0.2) is 78.9 Å². The fourth-order valence-electron chi connectivity index (χ4n) is 3.40. The van der Waals surface area contributed by atoms with E-state index in [-0.39, 0.29) is 41.5 Å². The van der Waals surface area contributed by atoms with Crippen LogP contribution in [0.25, 0.3) is 0 Å². The molecule has 0 heterocycles. The Morgan fingerprint density at radius 2 is 1.43 bits per heavy atom. The highest BCUT2D eigenvalue weighted by molar-refractivity contribution is 6.12. The quantitative estimate of drug-likeness (QED) is 0.0677. The maximum absolute atomic E-state index is 13.0. The van der Waals surface area contributed by atoms with Crippen LogP contribution in [0.3, 0.4) is 0 Å². The summed E-state index contributed by atoms with van der Waals surface area (Å²) in [6, 6.07) is 21.1. The molecule has 0 radical (unpaired) electrons. The highest BCUT2D eigenvalue weighted by Gasteiger charge is 2.18. The van der Waals surface area contributed by atoms with E-state index < -0.39 is 18.0 Å². The summed E-state index contributed by atoms with van der Waals surface area (Å²) in [6.45, 7) is 0.276. The van der Waals surface area contributed by atoms with Crippen molar-refractivity contribution in [1.82, 2.24) is 5.32 Å². The number of alkyl carbamates (subject to hydrolysis) is 1. The van der Waals surface area contributed by atoms with Crippen LogP contribution >= 0.6 is 0 Å². The first-order valence-corrected chi connectivity index (χ1v) is 11.7. The molecule has 190 valence electrons. The van der Waals surface area contributed by atoms with Crippen LogP contribution in [0.4, 0.5) is 4.79 Å². The second kappa shape index (κ2) is 13.3. The van der Waals surface area contributed by atoms with Crippen molar-refractivity contribution in [3.8, 4) is 5.75 Å². The third-order valence-electron chi connectivity index (χ3n) is 5.32. The van der Waals surface area contributed by atoms with Crippen molar-refractivity contribution in [2.24, 2.45) is 5.73 Å². The highest BCUT2D eigenvalue weighted by atomic mass is 16.6. The van der Waals surface area contributed by atoms with Gasteiger partial charge in [-0.2, -0.15) is 0 Å². The maximum atomic E-state index is 13.0. The molecule has 0 atom stereocenters. The third kappa shape index (κ3) is 8.14. The number of amidine groups is 1. The molecule has 3 aromatic carbocycles. The number of unbranched alkanes of at least 4 members (excludes halogenated alkanes) is 2. The molecule has 37 heavy (non-hydrogen) atoms. The minimum Gasteiger partial charge on any atom is -0.426 e. The number of ketones is 1. The lowest BCUT2D eigenvalue weighted by Crippen LogP contribution is -2.27. The molecule has 9 heteroatoms. The number of hydrogen-bond donors (Lipinski definition) is 3. The lowest BCUT2D eigenvalue weighted by molar-refractivity contribution is -0.134. The van der Waals surface area contributed by atoms with Crippen molar-refractivity contribution in [1.29, 1.82) is 5.41 Å². The van der Waals surface area contributed by atoms with Crippen LogP contribution in [0.5, 0.6) is 5.75 Å². The second-order valence-electron chi connectivity index (χ2n) is 8.07. The van der Waals surface area contributed by atoms with E-state index in [0.717, 1.165) is 0 Å². The van der Waals surface area contributed by atoms with Gasteiger partial charge in [0.1, 0.15) is 11.6 Å². The molecule has 0 aliphatic carbocycles. The van der Waals surface area contributed by atoms with Crippen LogP contribution in [-0.4, -0.2) is 36.2 Å². The smallest absolute Gasteiger partial charge is 0.415 e. The first kappa shape index (κ1) is 26.8. The second-order valence-corrected chi connectivity index (χ2v) is 8.07. The van der Waals surface area contributed by atoms with Crippen LogP contribution in [0, 0.1) is 5.41 Å². The highest BCUT2D eigenvalue weighted by Crippen LogP contribution is 2.24. The summed E-state index contributed by atoms with van der Waals surface area (Å²) < 4.78 is 10.2. The number of carbonyl (C=O) groups is 4. The van der Waals surface area contributed by atoms with Crippen molar-refractivity contribution in [2.75, 3.05) is 6.54 Å². The Balaban J connectivity index is 1.45. The number of rotatable bonds is 11. The lowest BCUT2D eigenvalue weighted by atomic mass is 10.00. The summed E-state index contributed by atoms with van der Waals surface area (Å²) in [5, 5.41) is 10.1. The summed E-state index contributed by atoms with van der Waals surface area (Å²) in [5.41, 5.74) is 6.74. The molecular weight excluding hydrogens is 474 g/mol. The summed E-state index contributed by atoms with van der Waals surface area (Å²) in [6.07, 6.45) is 0.933. The standard InChI is InChI=1S/C28H27N3O6/c29-26(30)21-15-16-23(22(18-21)25(33)19-10-4-1-5-11-19)36-24(32)14-8-3-9-17-31-28(35)37-27(34)20-12-6-2-7-13-20/h1-2,4-7,10-13,15-16,18H,3,8-9,14,17H2,(H3,29,30)(H,31,35). The van der Waals surface area contributed by atoms with Gasteiger partial charge in [0.25, 0.3) is 0 Å². The molecule has 1 amide bonds. The minimum atomic E-state index is -0.835. The van der Waals surface area contributed by atoms with Gasteiger partial charge in [-0.25, -0.2) is 9.59 Å². The van der Waals surface area contributed by atoms with Crippen LogP contribution < -0.4 is 15.8 Å². The average Bonchev–Trinajstić information content (AvgIpc) is 2.91. The Kier molecular flexibility index (Phi) is 9.66. The third-order valence-corrected chi connectivity index (χ3v) is 5.32. The topological polar surface area (TPSA) is 149 Å². The fraction of sp³-hybridized carbons (Fsp3) is 0.179. The van der Waals surface area contributed by atoms with Crippen molar-refractivity contribution in [3.05, 3.63) is 101 Å². The van der Waals surface area contributed by atoms with Crippen LogP contribution in [-0.2, 0) is 9.53 Å². The van der Waals surface area contributed by atoms with E-state index in [1.165, 1.54) is 18.2 Å². The van der Waals surface area contributed by atoms with E-state index in [0.29, 0.717) is 30.4 Å². The molecule has 0 spiro atoms. The monoisotopic (exact) mass is 501 g/mol. The number of carbonyl (C=O) groups excluding carboxylic acids is 4. The number of ether oxygens (including phenoxy) is 2. The molecule has 3 rings (SSSR count). The predicted molar refractivity (Wildman–Crippen MR) is 137 cm³/mol. The summed E-state index contributed by atoms with van der Waals surface area (Å²) in [5.74, 6) is -1.71. The van der Waals surface area contributed by atoms with Gasteiger partial charge in [0.15, 0.2) is 5.78 Å². The summed E-state index contributed by atoms with van der Waals surface area (Å²) in [4.78, 5) is 49.0. The van der Waals surface area contributed by atoms with Gasteiger partial charge in [-0.05, 0) is 43.2 Å². The maximum Gasteiger partial charge on any atom is 0.415 e. The fourth-order valence-corrected chi connectivity index (χ4v) is 3.40. The zero-order valence-electron chi connectivity index (χ0n) is 20.1. The number of esters is 2. The zero-order chi connectivity index (χ0) is 26.6. The van der Waals surface area contributed by atoms with Crippen molar-refractivity contribution >= 4 is 29.7 Å². The van der Waals surface area contributed by atoms with E-state index in [1.807, 2.05) is 0 Å². The van der Waals surface area contributed by atoms with Gasteiger partial charge in [0, 0.05) is 24.1 Å². The van der Waals surface area contributed by atoms with Gasteiger partial charge >= 0.3 is 18.0 Å². The molecule has 0 aliphatic rings. The zero-order valence-corrected chi connectivity index (χ0v) is 20.1. The average molecular weight is 502 g/mol. The number of nitrogens with one attached hydrogen (secondary N) is 2. The predicted octanol–water partition coefficient (Wildman–Crippen LogP) is 4.23. The number of amides is 1. The molecule has 0 aliphatic heterocycles. The molecule has 4 N–H and O–H groups in total. The largest absolute Gasteiger partial charge is 0.426 e. The van der Waals surface area contributed by atoms with Crippen molar-refractivity contribution in [3.63, 3.8) is 0 Å². The Hall–Kier alpha value is -4.79. The van der Waals surface area contributed by atoms with Gasteiger partial charge < -0.3 is 20.5 Å². The van der Waals surface area contributed by atoms with E-state index in [2.05, 4.69) is 5.32 Å². The normalized spacial score (nSPS) is 10.3. The van der Waals surface area contributed by atoms with Gasteiger partial charge in [-0.1, -0.05) is 55.0 Å². The number of nitrogens with two attached hydrogens (primary N) is 1. The van der Waals surface area contributed by atoms with Crippen molar-refractivity contribution < 1.29 is 28.7 Å². The van der Waals surface area contributed by atoms with Gasteiger partial charge in [0.2, 0.25) is 0 Å². The minimum absolute atomic E-state index is 0.0938.